The quantitative estimate of drug-likeness (QED) is 0.819. The van der Waals surface area contributed by atoms with Crippen molar-refractivity contribution in [2.24, 2.45) is 0 Å². The molecule has 3 N–H and O–H groups in total. The summed E-state index contributed by atoms with van der Waals surface area (Å²) in [5.41, 5.74) is 6.03. The van der Waals surface area contributed by atoms with Crippen LogP contribution in [0.4, 0.5) is 5.69 Å². The van der Waals surface area contributed by atoms with Gasteiger partial charge in [-0.15, -0.1) is 0 Å². The summed E-state index contributed by atoms with van der Waals surface area (Å²) in [7, 11) is -3.51. The SMILES string of the molecule is CCCC(C)NS(=O)(=O)c1cc(N)ccc1Br. The van der Waals surface area contributed by atoms with E-state index in [1.54, 1.807) is 12.1 Å². The van der Waals surface area contributed by atoms with Gasteiger partial charge in [-0.3, -0.25) is 0 Å². The molecule has 0 amide bonds. The van der Waals surface area contributed by atoms with Gasteiger partial charge in [0.25, 0.3) is 0 Å². The summed E-state index contributed by atoms with van der Waals surface area (Å²) in [4.78, 5) is 0.181. The highest BCUT2D eigenvalue weighted by Gasteiger charge is 2.19. The van der Waals surface area contributed by atoms with Crippen LogP contribution < -0.4 is 10.5 Å². The van der Waals surface area contributed by atoms with Crippen LogP contribution in [0.5, 0.6) is 0 Å². The van der Waals surface area contributed by atoms with Gasteiger partial charge in [0, 0.05) is 16.2 Å². The third-order valence-electron chi connectivity index (χ3n) is 2.32. The maximum Gasteiger partial charge on any atom is 0.242 e. The zero-order valence-corrected chi connectivity index (χ0v) is 12.3. The van der Waals surface area contributed by atoms with Gasteiger partial charge in [-0.2, -0.15) is 0 Å². The minimum Gasteiger partial charge on any atom is -0.399 e. The van der Waals surface area contributed by atoms with Crippen LogP contribution >= 0.6 is 15.9 Å². The van der Waals surface area contributed by atoms with Crippen LogP contribution in [0.2, 0.25) is 0 Å². The average molecular weight is 321 g/mol. The van der Waals surface area contributed by atoms with Crippen molar-refractivity contribution in [3.05, 3.63) is 22.7 Å². The molecule has 0 aromatic heterocycles. The molecule has 1 aromatic carbocycles. The first kappa shape index (κ1) is 14.5. The molecule has 1 unspecified atom stereocenters. The van der Waals surface area contributed by atoms with Gasteiger partial charge >= 0.3 is 0 Å². The minimum atomic E-state index is -3.51. The first-order valence-corrected chi connectivity index (χ1v) is 7.71. The molecule has 0 saturated heterocycles. The van der Waals surface area contributed by atoms with Crippen molar-refractivity contribution in [3.63, 3.8) is 0 Å². The van der Waals surface area contributed by atoms with Crippen molar-refractivity contribution in [1.29, 1.82) is 0 Å². The van der Waals surface area contributed by atoms with Crippen LogP contribution in [0.3, 0.4) is 0 Å². The van der Waals surface area contributed by atoms with E-state index >= 15 is 0 Å². The van der Waals surface area contributed by atoms with Crippen LogP contribution in [0.1, 0.15) is 26.7 Å². The minimum absolute atomic E-state index is 0.0849. The Morgan fingerprint density at radius 1 is 1.47 bits per heavy atom. The maximum atomic E-state index is 12.1. The Kier molecular flexibility index (Phi) is 4.97. The molecule has 1 atom stereocenters. The van der Waals surface area contributed by atoms with Crippen molar-refractivity contribution in [3.8, 4) is 0 Å². The largest absolute Gasteiger partial charge is 0.399 e. The molecule has 17 heavy (non-hydrogen) atoms. The Hall–Kier alpha value is -0.590. The van der Waals surface area contributed by atoms with Crippen LogP contribution in [0, 0.1) is 0 Å². The van der Waals surface area contributed by atoms with Gasteiger partial charge < -0.3 is 5.73 Å². The topological polar surface area (TPSA) is 72.2 Å². The predicted octanol–water partition coefficient (Wildman–Crippen LogP) is 2.50. The Bertz CT molecular complexity index is 488. The van der Waals surface area contributed by atoms with Gasteiger partial charge in [-0.25, -0.2) is 13.1 Å². The number of sulfonamides is 1. The van der Waals surface area contributed by atoms with E-state index in [4.69, 9.17) is 5.73 Å². The molecule has 96 valence electrons. The van der Waals surface area contributed by atoms with E-state index in [1.165, 1.54) is 6.07 Å². The van der Waals surface area contributed by atoms with Crippen molar-refractivity contribution in [1.82, 2.24) is 4.72 Å². The van der Waals surface area contributed by atoms with Crippen molar-refractivity contribution < 1.29 is 8.42 Å². The van der Waals surface area contributed by atoms with E-state index in [1.807, 2.05) is 13.8 Å². The standard InChI is InChI=1S/C11H17BrN2O2S/c1-3-4-8(2)14-17(15,16)11-7-9(13)5-6-10(11)12/h5-8,14H,3-4,13H2,1-2H3. The molecule has 0 bridgehead atoms. The number of nitrogens with two attached hydrogens (primary N) is 1. The normalized spacial score (nSPS) is 13.6. The average Bonchev–Trinajstić information content (AvgIpc) is 2.21. The summed E-state index contributed by atoms with van der Waals surface area (Å²) in [5, 5.41) is 0. The Balaban J connectivity index is 3.01. The smallest absolute Gasteiger partial charge is 0.242 e. The molecule has 0 heterocycles. The second-order valence-electron chi connectivity index (χ2n) is 4.00. The number of rotatable bonds is 5. The Morgan fingerprint density at radius 2 is 2.12 bits per heavy atom. The fourth-order valence-electron chi connectivity index (χ4n) is 1.55. The van der Waals surface area contributed by atoms with Crippen LogP contribution in [-0.4, -0.2) is 14.5 Å². The second-order valence-corrected chi connectivity index (χ2v) is 6.54. The molecule has 1 aromatic rings. The summed E-state index contributed by atoms with van der Waals surface area (Å²) in [6, 6.07) is 4.65. The Morgan fingerprint density at radius 3 is 2.71 bits per heavy atom. The predicted molar refractivity (Wildman–Crippen MR) is 73.2 cm³/mol. The summed E-state index contributed by atoms with van der Waals surface area (Å²) >= 11 is 3.22. The van der Waals surface area contributed by atoms with E-state index in [0.29, 0.717) is 10.2 Å². The van der Waals surface area contributed by atoms with E-state index in [9.17, 15) is 8.42 Å². The third-order valence-corrected chi connectivity index (χ3v) is 4.91. The summed E-state index contributed by atoms with van der Waals surface area (Å²) in [5.74, 6) is 0. The highest BCUT2D eigenvalue weighted by Crippen LogP contribution is 2.24. The molecular formula is C11H17BrN2O2S. The van der Waals surface area contributed by atoms with E-state index in [0.717, 1.165) is 12.8 Å². The zero-order chi connectivity index (χ0) is 13.1. The van der Waals surface area contributed by atoms with Crippen molar-refractivity contribution in [2.75, 3.05) is 5.73 Å². The first-order chi connectivity index (χ1) is 7.86. The van der Waals surface area contributed by atoms with Crippen molar-refractivity contribution >= 4 is 31.6 Å². The second kappa shape index (κ2) is 5.84. The molecule has 6 heteroatoms. The molecule has 0 aliphatic rings. The van der Waals surface area contributed by atoms with Gasteiger partial charge in [-0.05, 0) is 47.5 Å². The van der Waals surface area contributed by atoms with Crippen molar-refractivity contribution in [2.45, 2.75) is 37.6 Å². The number of hydrogen-bond donors (Lipinski definition) is 2. The first-order valence-electron chi connectivity index (χ1n) is 5.44. The highest BCUT2D eigenvalue weighted by molar-refractivity contribution is 9.10. The van der Waals surface area contributed by atoms with Gasteiger partial charge in [0.15, 0.2) is 0 Å². The fourth-order valence-corrected chi connectivity index (χ4v) is 3.82. The molecule has 0 radical (unpaired) electrons. The lowest BCUT2D eigenvalue weighted by Crippen LogP contribution is -2.32. The lowest BCUT2D eigenvalue weighted by molar-refractivity contribution is 0.543. The van der Waals surface area contributed by atoms with Crippen LogP contribution in [0.25, 0.3) is 0 Å². The number of halogens is 1. The molecular weight excluding hydrogens is 304 g/mol. The molecule has 0 fully saturated rings. The fraction of sp³-hybridized carbons (Fsp3) is 0.455. The summed E-state index contributed by atoms with van der Waals surface area (Å²) in [6.07, 6.45) is 1.74. The van der Waals surface area contributed by atoms with Gasteiger partial charge in [0.05, 0.1) is 4.90 Å². The third kappa shape index (κ3) is 3.97. The summed E-state index contributed by atoms with van der Waals surface area (Å²) in [6.45, 7) is 3.86. The molecule has 4 nitrogen and oxygen atoms in total. The van der Waals surface area contributed by atoms with E-state index < -0.39 is 10.0 Å². The van der Waals surface area contributed by atoms with Gasteiger partial charge in [0.1, 0.15) is 0 Å². The number of nitrogens with one attached hydrogen (secondary N) is 1. The maximum absolute atomic E-state index is 12.1. The molecule has 0 aliphatic carbocycles. The zero-order valence-electron chi connectivity index (χ0n) is 9.90. The van der Waals surface area contributed by atoms with Gasteiger partial charge in [0.2, 0.25) is 10.0 Å². The number of anilines is 1. The lowest BCUT2D eigenvalue weighted by atomic mass is 10.2. The summed E-state index contributed by atoms with van der Waals surface area (Å²) < 4.78 is 27.3. The Labute approximate surface area is 111 Å². The molecule has 0 spiro atoms. The number of nitrogen functional groups attached to an aromatic ring is 1. The highest BCUT2D eigenvalue weighted by atomic mass is 79.9. The molecule has 1 rings (SSSR count). The molecule has 0 saturated carbocycles. The van der Waals surface area contributed by atoms with Crippen LogP contribution in [-0.2, 0) is 10.0 Å². The number of hydrogen-bond acceptors (Lipinski definition) is 3. The van der Waals surface area contributed by atoms with E-state index in [-0.39, 0.29) is 10.9 Å². The monoisotopic (exact) mass is 320 g/mol. The lowest BCUT2D eigenvalue weighted by Gasteiger charge is -2.14. The van der Waals surface area contributed by atoms with E-state index in [2.05, 4.69) is 20.7 Å². The van der Waals surface area contributed by atoms with Crippen LogP contribution in [0.15, 0.2) is 27.6 Å². The van der Waals surface area contributed by atoms with Gasteiger partial charge in [-0.1, -0.05) is 13.3 Å². The molecule has 0 aliphatic heterocycles. The number of benzene rings is 1.